The number of nitrogens with one attached hydrogen (secondary N) is 1. The molecule has 0 bridgehead atoms. The first-order valence-electron chi connectivity index (χ1n) is 6.65. The number of carbonyl (C=O) groups excluding carboxylic acids is 2. The third kappa shape index (κ3) is 4.73. The Bertz CT molecular complexity index is 417. The molecule has 1 aromatic carbocycles. The van der Waals surface area contributed by atoms with E-state index in [1.54, 1.807) is 11.8 Å². The van der Waals surface area contributed by atoms with Gasteiger partial charge in [0.25, 0.3) is 0 Å². The molecule has 1 atom stereocenters. The molecule has 1 unspecified atom stereocenters. The highest BCUT2D eigenvalue weighted by molar-refractivity contribution is 5.76. The summed E-state index contributed by atoms with van der Waals surface area (Å²) < 4.78 is 0. The molecule has 19 heavy (non-hydrogen) atoms. The van der Waals surface area contributed by atoms with Crippen LogP contribution in [0.25, 0.3) is 0 Å². The van der Waals surface area contributed by atoms with Crippen molar-refractivity contribution in [2.45, 2.75) is 33.2 Å². The van der Waals surface area contributed by atoms with Gasteiger partial charge in [-0.05, 0) is 12.5 Å². The van der Waals surface area contributed by atoms with Gasteiger partial charge in [-0.15, -0.1) is 0 Å². The molecule has 104 valence electrons. The predicted octanol–water partition coefficient (Wildman–Crippen LogP) is 2.12. The molecule has 0 radical (unpaired) electrons. The second kappa shape index (κ2) is 7.56. The minimum Gasteiger partial charge on any atom is -0.354 e. The largest absolute Gasteiger partial charge is 0.354 e. The molecule has 0 fully saturated rings. The number of benzene rings is 1. The first-order valence-corrected chi connectivity index (χ1v) is 6.65. The van der Waals surface area contributed by atoms with Gasteiger partial charge in [-0.2, -0.15) is 0 Å². The third-order valence-corrected chi connectivity index (χ3v) is 3.15. The first kappa shape index (κ1) is 15.2. The standard InChI is InChI=1S/C15H22N2O2/c1-4-15(19)16-10-11-17(13(3)18)12(2)14-8-6-5-7-9-14/h5-9,12H,4,10-11H2,1-3H3,(H,16,19). The van der Waals surface area contributed by atoms with Gasteiger partial charge < -0.3 is 10.2 Å². The Labute approximate surface area is 114 Å². The summed E-state index contributed by atoms with van der Waals surface area (Å²) in [4.78, 5) is 24.7. The van der Waals surface area contributed by atoms with E-state index in [1.165, 1.54) is 0 Å². The van der Waals surface area contributed by atoms with Gasteiger partial charge in [0.05, 0.1) is 6.04 Å². The quantitative estimate of drug-likeness (QED) is 0.853. The van der Waals surface area contributed by atoms with Gasteiger partial charge in [-0.25, -0.2) is 0 Å². The highest BCUT2D eigenvalue weighted by atomic mass is 16.2. The number of hydrogen-bond donors (Lipinski definition) is 1. The molecular formula is C15H22N2O2. The summed E-state index contributed by atoms with van der Waals surface area (Å²) in [6, 6.07) is 9.90. The van der Waals surface area contributed by atoms with E-state index in [2.05, 4.69) is 5.32 Å². The molecule has 0 aliphatic rings. The molecule has 4 heteroatoms. The fourth-order valence-electron chi connectivity index (χ4n) is 1.98. The number of hydrogen-bond acceptors (Lipinski definition) is 2. The molecule has 1 N–H and O–H groups in total. The summed E-state index contributed by atoms with van der Waals surface area (Å²) in [5.74, 6) is 0.0259. The second-order valence-electron chi connectivity index (χ2n) is 4.50. The lowest BCUT2D eigenvalue weighted by molar-refractivity contribution is -0.131. The van der Waals surface area contributed by atoms with Crippen LogP contribution in [0.5, 0.6) is 0 Å². The second-order valence-corrected chi connectivity index (χ2v) is 4.50. The van der Waals surface area contributed by atoms with Crippen LogP contribution in [-0.2, 0) is 9.59 Å². The van der Waals surface area contributed by atoms with Crippen molar-refractivity contribution in [2.75, 3.05) is 13.1 Å². The molecule has 0 saturated carbocycles. The third-order valence-electron chi connectivity index (χ3n) is 3.15. The van der Waals surface area contributed by atoms with Crippen molar-refractivity contribution in [3.8, 4) is 0 Å². The van der Waals surface area contributed by atoms with Crippen LogP contribution < -0.4 is 5.32 Å². The van der Waals surface area contributed by atoms with E-state index in [-0.39, 0.29) is 17.9 Å². The Morgan fingerprint density at radius 1 is 1.26 bits per heavy atom. The van der Waals surface area contributed by atoms with Gasteiger partial charge in [-0.1, -0.05) is 37.3 Å². The Balaban J connectivity index is 2.62. The smallest absolute Gasteiger partial charge is 0.220 e. The van der Waals surface area contributed by atoms with Crippen molar-refractivity contribution < 1.29 is 9.59 Å². The fourth-order valence-corrected chi connectivity index (χ4v) is 1.98. The molecule has 2 amide bonds. The molecule has 0 aromatic heterocycles. The minimum absolute atomic E-state index is 0.0101. The molecule has 4 nitrogen and oxygen atoms in total. The number of rotatable bonds is 6. The van der Waals surface area contributed by atoms with E-state index in [0.717, 1.165) is 5.56 Å². The van der Waals surface area contributed by atoms with E-state index in [1.807, 2.05) is 44.2 Å². The normalized spacial score (nSPS) is 11.7. The van der Waals surface area contributed by atoms with Gasteiger partial charge in [0, 0.05) is 26.4 Å². The molecule has 0 aliphatic heterocycles. The van der Waals surface area contributed by atoms with Crippen molar-refractivity contribution >= 4 is 11.8 Å². The van der Waals surface area contributed by atoms with Crippen molar-refractivity contribution in [3.63, 3.8) is 0 Å². The van der Waals surface area contributed by atoms with Crippen molar-refractivity contribution in [3.05, 3.63) is 35.9 Å². The Morgan fingerprint density at radius 2 is 1.89 bits per heavy atom. The van der Waals surface area contributed by atoms with Gasteiger partial charge in [-0.3, -0.25) is 9.59 Å². The molecule has 0 saturated heterocycles. The maximum Gasteiger partial charge on any atom is 0.220 e. The van der Waals surface area contributed by atoms with E-state index >= 15 is 0 Å². The first-order chi connectivity index (χ1) is 9.06. The molecule has 0 aliphatic carbocycles. The summed E-state index contributed by atoms with van der Waals surface area (Å²) in [7, 11) is 0. The lowest BCUT2D eigenvalue weighted by atomic mass is 10.1. The van der Waals surface area contributed by atoms with Crippen LogP contribution in [-0.4, -0.2) is 29.8 Å². The molecule has 0 spiro atoms. The van der Waals surface area contributed by atoms with Crippen LogP contribution in [0, 0.1) is 0 Å². The van der Waals surface area contributed by atoms with Gasteiger partial charge in [0.15, 0.2) is 0 Å². The molecular weight excluding hydrogens is 240 g/mol. The highest BCUT2D eigenvalue weighted by Crippen LogP contribution is 2.19. The molecule has 1 rings (SSSR count). The number of nitrogens with zero attached hydrogens (tertiary/aromatic N) is 1. The Hall–Kier alpha value is -1.84. The van der Waals surface area contributed by atoms with Gasteiger partial charge >= 0.3 is 0 Å². The fraction of sp³-hybridized carbons (Fsp3) is 0.467. The highest BCUT2D eigenvalue weighted by Gasteiger charge is 2.17. The van der Waals surface area contributed by atoms with Crippen LogP contribution in [0.3, 0.4) is 0 Å². The monoisotopic (exact) mass is 262 g/mol. The minimum atomic E-state index is 0.0101. The number of carbonyl (C=O) groups is 2. The van der Waals surface area contributed by atoms with Crippen molar-refractivity contribution in [2.24, 2.45) is 0 Å². The predicted molar refractivity (Wildman–Crippen MR) is 75.5 cm³/mol. The molecule has 0 heterocycles. The van der Waals surface area contributed by atoms with Crippen molar-refractivity contribution in [1.29, 1.82) is 0 Å². The average molecular weight is 262 g/mol. The lowest BCUT2D eigenvalue weighted by Crippen LogP contribution is -2.38. The Kier molecular flexibility index (Phi) is 6.06. The van der Waals surface area contributed by atoms with Gasteiger partial charge in [0.2, 0.25) is 11.8 Å². The van der Waals surface area contributed by atoms with Crippen LogP contribution in [0.1, 0.15) is 38.8 Å². The van der Waals surface area contributed by atoms with Crippen LogP contribution in [0.4, 0.5) is 0 Å². The maximum atomic E-state index is 11.7. The van der Waals surface area contributed by atoms with E-state index in [9.17, 15) is 9.59 Å². The summed E-state index contributed by atoms with van der Waals surface area (Å²) in [6.07, 6.45) is 0.467. The Morgan fingerprint density at radius 3 is 2.42 bits per heavy atom. The van der Waals surface area contributed by atoms with Crippen LogP contribution >= 0.6 is 0 Å². The van der Waals surface area contributed by atoms with E-state index < -0.39 is 0 Å². The molecule has 1 aromatic rings. The zero-order chi connectivity index (χ0) is 14.3. The summed E-state index contributed by atoms with van der Waals surface area (Å²) >= 11 is 0. The summed E-state index contributed by atoms with van der Waals surface area (Å²) in [6.45, 7) is 6.38. The van der Waals surface area contributed by atoms with Crippen LogP contribution in [0.2, 0.25) is 0 Å². The van der Waals surface area contributed by atoms with Crippen LogP contribution in [0.15, 0.2) is 30.3 Å². The lowest BCUT2D eigenvalue weighted by Gasteiger charge is -2.28. The average Bonchev–Trinajstić information content (AvgIpc) is 2.43. The number of amides is 2. The zero-order valence-corrected chi connectivity index (χ0v) is 11.8. The van der Waals surface area contributed by atoms with Crippen molar-refractivity contribution in [1.82, 2.24) is 10.2 Å². The summed E-state index contributed by atoms with van der Waals surface area (Å²) in [5.41, 5.74) is 1.10. The SMILES string of the molecule is CCC(=O)NCCN(C(C)=O)C(C)c1ccccc1. The summed E-state index contributed by atoms with van der Waals surface area (Å²) in [5, 5.41) is 2.79. The van der Waals surface area contributed by atoms with E-state index in [0.29, 0.717) is 19.5 Å². The maximum absolute atomic E-state index is 11.7. The topological polar surface area (TPSA) is 49.4 Å². The van der Waals surface area contributed by atoms with E-state index in [4.69, 9.17) is 0 Å². The zero-order valence-electron chi connectivity index (χ0n) is 11.8. The van der Waals surface area contributed by atoms with Gasteiger partial charge in [0.1, 0.15) is 0 Å².